The maximum atomic E-state index is 13.5. The Morgan fingerprint density at radius 2 is 2.15 bits per heavy atom. The molecule has 0 saturated carbocycles. The quantitative estimate of drug-likeness (QED) is 0.644. The molecule has 0 aliphatic carbocycles. The molecule has 8 nitrogen and oxygen atoms in total. The van der Waals surface area contributed by atoms with E-state index in [1.54, 1.807) is 55.5 Å². The Balaban J connectivity index is 1.94. The number of pyridine rings is 1. The number of fused-ring (bicyclic) bond motifs is 1. The highest BCUT2D eigenvalue weighted by molar-refractivity contribution is 7.89. The zero-order valence-electron chi connectivity index (χ0n) is 20.1. The van der Waals surface area contributed by atoms with E-state index in [0.29, 0.717) is 0 Å². The number of rotatable bonds is 7. The van der Waals surface area contributed by atoms with Gasteiger partial charge in [-0.2, -0.15) is 4.31 Å². The summed E-state index contributed by atoms with van der Waals surface area (Å²) in [6, 6.07) is 8.02. The minimum Gasteiger partial charge on any atom is -0.487 e. The predicted octanol–water partition coefficient (Wildman–Crippen LogP) is 2.58. The number of allylic oxidation sites excluding steroid dienone is 1. The summed E-state index contributed by atoms with van der Waals surface area (Å²) in [6.45, 7) is 5.61. The first kappa shape index (κ1) is 25.9. The van der Waals surface area contributed by atoms with Gasteiger partial charge in [-0.05, 0) is 43.2 Å². The second-order valence-corrected chi connectivity index (χ2v) is 10.6. The zero-order valence-corrected chi connectivity index (χ0v) is 20.9. The molecule has 0 radical (unpaired) electrons. The summed E-state index contributed by atoms with van der Waals surface area (Å²) >= 11 is 0. The van der Waals surface area contributed by atoms with E-state index in [4.69, 9.17) is 4.74 Å². The maximum absolute atomic E-state index is 13.5. The predicted molar refractivity (Wildman–Crippen MR) is 131 cm³/mol. The highest BCUT2D eigenvalue weighted by atomic mass is 32.2. The van der Waals surface area contributed by atoms with Gasteiger partial charge < -0.3 is 14.7 Å². The van der Waals surface area contributed by atoms with E-state index in [2.05, 4.69) is 4.98 Å². The van der Waals surface area contributed by atoms with Gasteiger partial charge in [0.2, 0.25) is 15.9 Å². The molecule has 1 aliphatic heterocycles. The van der Waals surface area contributed by atoms with Crippen LogP contribution in [0.1, 0.15) is 31.9 Å². The Labute approximate surface area is 201 Å². The van der Waals surface area contributed by atoms with Gasteiger partial charge in [-0.15, -0.1) is 0 Å². The number of aromatic nitrogens is 1. The van der Waals surface area contributed by atoms with Crippen LogP contribution in [0.4, 0.5) is 0 Å². The molecule has 9 heteroatoms. The Kier molecular flexibility index (Phi) is 8.46. The fourth-order valence-corrected chi connectivity index (χ4v) is 5.77. The molecule has 3 atom stereocenters. The van der Waals surface area contributed by atoms with Gasteiger partial charge in [0.05, 0.1) is 19.6 Å². The molecule has 0 fully saturated rings. The largest absolute Gasteiger partial charge is 0.487 e. The van der Waals surface area contributed by atoms with Gasteiger partial charge in [0, 0.05) is 37.9 Å². The van der Waals surface area contributed by atoms with E-state index in [1.807, 2.05) is 32.1 Å². The monoisotopic (exact) mass is 487 g/mol. The van der Waals surface area contributed by atoms with Gasteiger partial charge >= 0.3 is 0 Å². The van der Waals surface area contributed by atoms with E-state index in [-0.39, 0.29) is 48.6 Å². The maximum Gasteiger partial charge on any atom is 0.247 e. The second kappa shape index (κ2) is 11.1. The van der Waals surface area contributed by atoms with Crippen LogP contribution >= 0.6 is 0 Å². The van der Waals surface area contributed by atoms with Crippen molar-refractivity contribution in [3.05, 3.63) is 59.9 Å². The number of amides is 1. The lowest BCUT2D eigenvalue weighted by Gasteiger charge is -2.37. The third kappa shape index (κ3) is 5.84. The topological polar surface area (TPSA) is 100 Å². The average Bonchev–Trinajstić information content (AvgIpc) is 2.81. The Morgan fingerprint density at radius 1 is 1.38 bits per heavy atom. The van der Waals surface area contributed by atoms with Gasteiger partial charge in [-0.25, -0.2) is 8.42 Å². The summed E-state index contributed by atoms with van der Waals surface area (Å²) in [7, 11) is -2.17. The van der Waals surface area contributed by atoms with Crippen LogP contribution in [0.3, 0.4) is 0 Å². The third-order valence-corrected chi connectivity index (χ3v) is 8.03. The molecule has 34 heavy (non-hydrogen) atoms. The van der Waals surface area contributed by atoms with Crippen LogP contribution in [-0.4, -0.2) is 72.5 Å². The van der Waals surface area contributed by atoms with Crippen LogP contribution in [0.25, 0.3) is 6.08 Å². The fourth-order valence-electron chi connectivity index (χ4n) is 3.94. The van der Waals surface area contributed by atoms with Crippen LogP contribution in [0.5, 0.6) is 5.75 Å². The van der Waals surface area contributed by atoms with Crippen molar-refractivity contribution in [1.82, 2.24) is 14.2 Å². The third-order valence-electron chi connectivity index (χ3n) is 6.01. The number of hydrogen-bond donors (Lipinski definition) is 1. The number of nitrogens with zero attached hydrogens (tertiary/aromatic N) is 3. The second-order valence-electron chi connectivity index (χ2n) is 8.76. The van der Waals surface area contributed by atoms with E-state index >= 15 is 0 Å². The molecule has 0 saturated heterocycles. The normalized spacial score (nSPS) is 21.2. The Hall–Kier alpha value is -2.75. The molecule has 1 aromatic carbocycles. The summed E-state index contributed by atoms with van der Waals surface area (Å²) < 4.78 is 34.6. The number of aliphatic hydroxyl groups is 1. The molecule has 1 N–H and O–H groups in total. The van der Waals surface area contributed by atoms with Crippen molar-refractivity contribution < 1.29 is 23.1 Å². The van der Waals surface area contributed by atoms with Gasteiger partial charge in [0.1, 0.15) is 16.7 Å². The number of benzene rings is 1. The average molecular weight is 488 g/mol. The molecule has 2 heterocycles. The fraction of sp³-hybridized carbons (Fsp3) is 0.440. The van der Waals surface area contributed by atoms with Gasteiger partial charge in [-0.1, -0.05) is 31.2 Å². The molecule has 1 amide bonds. The smallest absolute Gasteiger partial charge is 0.247 e. The zero-order chi connectivity index (χ0) is 24.9. The minimum atomic E-state index is -3.89. The molecule has 1 aliphatic rings. The number of ether oxygens (including phenoxy) is 1. The summed E-state index contributed by atoms with van der Waals surface area (Å²) in [5.41, 5.74) is 1.63. The summed E-state index contributed by atoms with van der Waals surface area (Å²) in [5.74, 6) is -0.0757. The van der Waals surface area contributed by atoms with Crippen LogP contribution in [0.2, 0.25) is 0 Å². The van der Waals surface area contributed by atoms with Gasteiger partial charge in [0.15, 0.2) is 0 Å². The van der Waals surface area contributed by atoms with Crippen molar-refractivity contribution in [3.63, 3.8) is 0 Å². The SMILES string of the molecule is CC=Cc1ccc2c(c1)O[C@H](CN(C)C(=O)Cc1cccnc1)[C@H](C)CN([C@@H](C)CO)S2(=O)=O. The molecule has 2 aromatic rings. The van der Waals surface area contributed by atoms with Crippen LogP contribution < -0.4 is 4.74 Å². The van der Waals surface area contributed by atoms with Gasteiger partial charge in [-0.3, -0.25) is 9.78 Å². The minimum absolute atomic E-state index is 0.0577. The summed E-state index contributed by atoms with van der Waals surface area (Å²) in [5, 5.41) is 9.75. The Morgan fingerprint density at radius 3 is 2.79 bits per heavy atom. The lowest BCUT2D eigenvalue weighted by molar-refractivity contribution is -0.130. The molecule has 1 aromatic heterocycles. The lowest BCUT2D eigenvalue weighted by Crippen LogP contribution is -2.50. The summed E-state index contributed by atoms with van der Waals surface area (Å²) in [6.07, 6.45) is 6.82. The molecular formula is C25H33N3O5S. The van der Waals surface area contributed by atoms with E-state index in [0.717, 1.165) is 11.1 Å². The number of carbonyl (C=O) groups is 1. The number of sulfonamides is 1. The Bertz CT molecular complexity index is 1120. The van der Waals surface area contributed by atoms with E-state index in [1.165, 1.54) is 4.31 Å². The molecule has 0 bridgehead atoms. The summed E-state index contributed by atoms with van der Waals surface area (Å²) in [4.78, 5) is 18.6. The van der Waals surface area contributed by atoms with Crippen LogP contribution in [0, 0.1) is 5.92 Å². The van der Waals surface area contributed by atoms with Crippen molar-refractivity contribution >= 4 is 22.0 Å². The van der Waals surface area contributed by atoms with Crippen molar-refractivity contribution in [2.45, 2.75) is 44.2 Å². The molecular weight excluding hydrogens is 454 g/mol. The standard InChI is InChI=1S/C25H33N3O5S/c1-5-7-20-9-10-24-22(12-20)33-23(18(2)15-28(19(3)17-29)34(24,31)32)16-27(4)25(30)13-21-8-6-11-26-14-21/h5-12,14,18-19,23,29H,13,15-17H2,1-4H3/t18-,19+,23-/m1/s1. The van der Waals surface area contributed by atoms with Gasteiger partial charge in [0.25, 0.3) is 0 Å². The van der Waals surface area contributed by atoms with Crippen LogP contribution in [0.15, 0.2) is 53.7 Å². The number of hydrogen-bond acceptors (Lipinski definition) is 6. The first-order valence-corrected chi connectivity index (χ1v) is 12.8. The van der Waals surface area contributed by atoms with Crippen molar-refractivity contribution in [2.24, 2.45) is 5.92 Å². The number of likely N-dealkylation sites (N-methyl/N-ethyl adjacent to an activating group) is 1. The highest BCUT2D eigenvalue weighted by Crippen LogP contribution is 2.34. The van der Waals surface area contributed by atoms with Crippen molar-refractivity contribution in [1.29, 1.82) is 0 Å². The highest BCUT2D eigenvalue weighted by Gasteiger charge is 2.38. The first-order chi connectivity index (χ1) is 16.2. The van der Waals surface area contributed by atoms with E-state index in [9.17, 15) is 18.3 Å². The van der Waals surface area contributed by atoms with Crippen LogP contribution in [-0.2, 0) is 21.2 Å². The van der Waals surface area contributed by atoms with Crippen molar-refractivity contribution in [2.75, 3.05) is 26.7 Å². The van der Waals surface area contributed by atoms with E-state index < -0.39 is 22.2 Å². The number of aliphatic hydroxyl groups excluding tert-OH is 1. The molecule has 0 spiro atoms. The molecule has 184 valence electrons. The molecule has 0 unspecified atom stereocenters. The first-order valence-electron chi connectivity index (χ1n) is 11.4. The molecule has 3 rings (SSSR count). The number of carbonyl (C=O) groups excluding carboxylic acids is 1. The lowest BCUT2D eigenvalue weighted by atomic mass is 10.0. The van der Waals surface area contributed by atoms with Crippen molar-refractivity contribution in [3.8, 4) is 5.75 Å².